The maximum absolute atomic E-state index is 12.6. The van der Waals surface area contributed by atoms with Crippen LogP contribution in [-0.4, -0.2) is 40.8 Å². The van der Waals surface area contributed by atoms with Crippen LogP contribution in [0.3, 0.4) is 0 Å². The number of nitro benzene ring substituents is 1. The van der Waals surface area contributed by atoms with Crippen LogP contribution in [0.1, 0.15) is 34.6 Å². The number of imide groups is 1. The molecule has 1 aliphatic heterocycles. The van der Waals surface area contributed by atoms with E-state index in [1.54, 1.807) is 19.9 Å². The molecule has 1 heterocycles. The predicted octanol–water partition coefficient (Wildman–Crippen LogP) is 3.18. The zero-order valence-electron chi connectivity index (χ0n) is 15.8. The van der Waals surface area contributed by atoms with Crippen LogP contribution >= 0.6 is 0 Å². The molecule has 0 aromatic heterocycles. The number of nitro groups is 1. The molecule has 2 aromatic carbocycles. The molecular formula is C20H18N2O7. The normalized spacial score (nSPS) is 12.9. The Kier molecular flexibility index (Phi) is 5.58. The van der Waals surface area contributed by atoms with Gasteiger partial charge in [0.2, 0.25) is 0 Å². The number of hydrogen-bond acceptors (Lipinski definition) is 7. The number of rotatable bonds is 7. The van der Waals surface area contributed by atoms with E-state index in [4.69, 9.17) is 9.47 Å². The van der Waals surface area contributed by atoms with Crippen molar-refractivity contribution in [2.75, 3.05) is 13.2 Å². The van der Waals surface area contributed by atoms with Gasteiger partial charge in [0, 0.05) is 6.07 Å². The maximum atomic E-state index is 12.6. The number of carbonyl (C=O) groups excluding carboxylic acids is 3. The third kappa shape index (κ3) is 4.23. The maximum Gasteiger partial charge on any atom is 0.308 e. The van der Waals surface area contributed by atoms with Gasteiger partial charge in [-0.25, -0.2) is 0 Å². The molecule has 3 rings (SSSR count). The summed E-state index contributed by atoms with van der Waals surface area (Å²) in [6, 6.07) is 10.00. The molecule has 0 atom stereocenters. The van der Waals surface area contributed by atoms with E-state index in [1.165, 1.54) is 36.4 Å². The monoisotopic (exact) mass is 398 g/mol. The van der Waals surface area contributed by atoms with Gasteiger partial charge in [0.1, 0.15) is 18.1 Å². The van der Waals surface area contributed by atoms with Crippen LogP contribution in [0.15, 0.2) is 42.5 Å². The van der Waals surface area contributed by atoms with Gasteiger partial charge in [0.05, 0.1) is 34.6 Å². The van der Waals surface area contributed by atoms with Crippen molar-refractivity contribution < 1.29 is 28.8 Å². The molecular weight excluding hydrogens is 380 g/mol. The second-order valence-corrected chi connectivity index (χ2v) is 6.65. The van der Waals surface area contributed by atoms with Gasteiger partial charge in [-0.1, -0.05) is 19.9 Å². The lowest BCUT2D eigenvalue weighted by Crippen LogP contribution is -2.33. The van der Waals surface area contributed by atoms with Crippen molar-refractivity contribution >= 4 is 23.5 Å². The largest absolute Gasteiger partial charge is 0.464 e. The molecule has 0 radical (unpaired) electrons. The van der Waals surface area contributed by atoms with Gasteiger partial charge in [0.15, 0.2) is 0 Å². The van der Waals surface area contributed by atoms with Crippen molar-refractivity contribution in [3.05, 3.63) is 63.7 Å². The van der Waals surface area contributed by atoms with Crippen LogP contribution in [0.2, 0.25) is 0 Å². The highest BCUT2D eigenvalue weighted by atomic mass is 16.6. The minimum atomic E-state index is -0.540. The van der Waals surface area contributed by atoms with Crippen molar-refractivity contribution in [2.24, 2.45) is 5.92 Å². The van der Waals surface area contributed by atoms with Gasteiger partial charge in [-0.2, -0.15) is 0 Å². The average Bonchev–Trinajstić information content (AvgIpc) is 2.92. The van der Waals surface area contributed by atoms with E-state index < -0.39 is 22.7 Å². The fraction of sp³-hybridized carbons (Fsp3) is 0.250. The first-order valence-corrected chi connectivity index (χ1v) is 8.87. The molecule has 0 spiro atoms. The molecule has 9 heteroatoms. The molecule has 0 fully saturated rings. The topological polar surface area (TPSA) is 116 Å². The number of hydrogen-bond donors (Lipinski definition) is 0. The van der Waals surface area contributed by atoms with Gasteiger partial charge in [0.25, 0.3) is 17.5 Å². The zero-order chi connectivity index (χ0) is 21.1. The quantitative estimate of drug-likeness (QED) is 0.304. The number of nitrogens with zero attached hydrogens (tertiary/aromatic N) is 2. The third-order valence-electron chi connectivity index (χ3n) is 4.24. The van der Waals surface area contributed by atoms with E-state index in [-0.39, 0.29) is 47.4 Å². The fourth-order valence-corrected chi connectivity index (χ4v) is 2.74. The summed E-state index contributed by atoms with van der Waals surface area (Å²) in [6.45, 7) is 3.24. The Labute approximate surface area is 166 Å². The summed E-state index contributed by atoms with van der Waals surface area (Å²) < 4.78 is 10.6. The summed E-state index contributed by atoms with van der Waals surface area (Å²) >= 11 is 0. The van der Waals surface area contributed by atoms with E-state index >= 15 is 0 Å². The minimum absolute atomic E-state index is 0.0497. The van der Waals surface area contributed by atoms with Gasteiger partial charge in [-0.15, -0.1) is 0 Å². The van der Waals surface area contributed by atoms with Crippen molar-refractivity contribution in [3.8, 4) is 11.5 Å². The highest BCUT2D eigenvalue weighted by Gasteiger charge is 2.35. The molecule has 0 saturated carbocycles. The Bertz CT molecular complexity index is 1000. The standard InChI is InChI=1S/C20H18N2O7/c1-12(2)20(25)28-9-8-21-18(23)16-7-6-15(11-17(16)19(21)24)29-14-5-3-4-13(10-14)22(26)27/h3-7,10-12H,8-9H2,1-2H3. The van der Waals surface area contributed by atoms with Crippen LogP contribution in [0.4, 0.5) is 5.69 Å². The molecule has 2 aromatic rings. The summed E-state index contributed by atoms with van der Waals surface area (Å²) in [4.78, 5) is 47.9. The van der Waals surface area contributed by atoms with E-state index in [1.807, 2.05) is 0 Å². The summed E-state index contributed by atoms with van der Waals surface area (Å²) in [5, 5.41) is 10.9. The molecule has 150 valence electrons. The molecule has 0 N–H and O–H groups in total. The van der Waals surface area contributed by atoms with Gasteiger partial charge in [-0.05, 0) is 24.3 Å². The second-order valence-electron chi connectivity index (χ2n) is 6.65. The van der Waals surface area contributed by atoms with E-state index in [9.17, 15) is 24.5 Å². The van der Waals surface area contributed by atoms with Crippen molar-refractivity contribution in [2.45, 2.75) is 13.8 Å². The highest BCUT2D eigenvalue weighted by Crippen LogP contribution is 2.30. The van der Waals surface area contributed by atoms with Gasteiger partial charge >= 0.3 is 5.97 Å². The lowest BCUT2D eigenvalue weighted by molar-refractivity contribution is -0.384. The van der Waals surface area contributed by atoms with Crippen LogP contribution in [0.5, 0.6) is 11.5 Å². The number of benzene rings is 2. The lowest BCUT2D eigenvalue weighted by Gasteiger charge is -2.14. The smallest absolute Gasteiger partial charge is 0.308 e. The SMILES string of the molecule is CC(C)C(=O)OCCN1C(=O)c2ccc(Oc3cccc([N+](=O)[O-])c3)cc2C1=O. The van der Waals surface area contributed by atoms with E-state index in [2.05, 4.69) is 0 Å². The number of carbonyl (C=O) groups is 3. The van der Waals surface area contributed by atoms with E-state index in [0.29, 0.717) is 0 Å². The van der Waals surface area contributed by atoms with Gasteiger partial charge < -0.3 is 9.47 Å². The number of esters is 1. The molecule has 29 heavy (non-hydrogen) atoms. The number of ether oxygens (including phenoxy) is 2. The van der Waals surface area contributed by atoms with Crippen LogP contribution in [-0.2, 0) is 9.53 Å². The minimum Gasteiger partial charge on any atom is -0.464 e. The van der Waals surface area contributed by atoms with Crippen molar-refractivity contribution in [1.29, 1.82) is 0 Å². The van der Waals surface area contributed by atoms with Crippen molar-refractivity contribution in [1.82, 2.24) is 4.90 Å². The van der Waals surface area contributed by atoms with Crippen molar-refractivity contribution in [3.63, 3.8) is 0 Å². The van der Waals surface area contributed by atoms with E-state index in [0.717, 1.165) is 4.90 Å². The summed E-state index contributed by atoms with van der Waals surface area (Å²) in [5.41, 5.74) is 0.252. The highest BCUT2D eigenvalue weighted by molar-refractivity contribution is 6.21. The first-order valence-electron chi connectivity index (χ1n) is 8.87. The molecule has 9 nitrogen and oxygen atoms in total. The first-order chi connectivity index (χ1) is 13.8. The fourth-order valence-electron chi connectivity index (χ4n) is 2.74. The molecule has 0 saturated heterocycles. The Hall–Kier alpha value is -3.75. The van der Waals surface area contributed by atoms with Gasteiger partial charge in [-0.3, -0.25) is 29.4 Å². The number of fused-ring (bicyclic) bond motifs is 1. The third-order valence-corrected chi connectivity index (χ3v) is 4.24. The Morgan fingerprint density at radius 1 is 1.07 bits per heavy atom. The average molecular weight is 398 g/mol. The molecule has 2 amide bonds. The first kappa shape index (κ1) is 20.0. The predicted molar refractivity (Wildman–Crippen MR) is 101 cm³/mol. The van der Waals surface area contributed by atoms with Crippen LogP contribution in [0.25, 0.3) is 0 Å². The lowest BCUT2D eigenvalue weighted by atomic mass is 10.1. The molecule has 0 bridgehead atoms. The summed E-state index contributed by atoms with van der Waals surface area (Å²) in [6.07, 6.45) is 0. The Morgan fingerprint density at radius 3 is 2.45 bits per heavy atom. The molecule has 0 aliphatic carbocycles. The number of non-ortho nitro benzene ring substituents is 1. The van der Waals surface area contributed by atoms with Crippen LogP contribution in [0, 0.1) is 16.0 Å². The van der Waals surface area contributed by atoms with Crippen LogP contribution < -0.4 is 4.74 Å². The molecule has 0 unspecified atom stereocenters. The summed E-state index contributed by atoms with van der Waals surface area (Å²) in [7, 11) is 0. The summed E-state index contributed by atoms with van der Waals surface area (Å²) in [5.74, 6) is -1.21. The zero-order valence-corrected chi connectivity index (χ0v) is 15.8. The number of amides is 2. The Balaban J connectivity index is 1.73. The molecule has 1 aliphatic rings. The Morgan fingerprint density at radius 2 is 1.76 bits per heavy atom. The second kappa shape index (κ2) is 8.09.